The standard InChI is InChI=1S/C22H25N5S.C21H23N5OS.C20H21N5OS.CH3F/c1-14-4-6-17(7-5-14)26(3)21-9-8-20-24-13-18(27(20)25-21)19-10-16-12-23-11-15(2)22(16)28-19;1-13-10-22-11-14-9-18(28-21(13)14)17-12-23-19-7-8-20(24-26(17)19)25(2)15-3-5-16(27)6-4-15;1-12-9-21-10-13-8-17(27-20(12)13)16-11-22-19-7-6-18(24-25(16)19)23-14-2-4-15(26)5-3-14;1-2/h8-14,17H,4-7H2,1-3H3;7-12,15-16,27H,3-6H2,1-2H3;6-11,14-15,26H,2-5H2,1H3,(H,23,24);1H3/i;;;1D. The quantitative estimate of drug-likeness (QED) is 0.124. The van der Waals surface area contributed by atoms with Gasteiger partial charge in [0.15, 0.2) is 16.9 Å². The van der Waals surface area contributed by atoms with Crippen LogP contribution in [0.15, 0.2) is 110 Å². The van der Waals surface area contributed by atoms with E-state index in [1.807, 2.05) is 93.6 Å². The third kappa shape index (κ3) is 12.2. The van der Waals surface area contributed by atoms with E-state index in [1.54, 1.807) is 34.0 Å². The van der Waals surface area contributed by atoms with Crippen molar-refractivity contribution in [2.24, 2.45) is 5.92 Å². The van der Waals surface area contributed by atoms with Gasteiger partial charge in [-0.2, -0.15) is 0 Å². The molecule has 0 radical (unpaired) electrons. The van der Waals surface area contributed by atoms with Gasteiger partial charge in [0, 0.05) is 99.7 Å². The van der Waals surface area contributed by atoms with Crippen LogP contribution >= 0.6 is 34.0 Å². The molecular weight excluding hydrogens is 1130 g/mol. The van der Waals surface area contributed by atoms with E-state index < -0.39 is 7.15 Å². The van der Waals surface area contributed by atoms with Crippen molar-refractivity contribution in [3.05, 3.63) is 127 Å². The van der Waals surface area contributed by atoms with Crippen molar-refractivity contribution < 1.29 is 16.0 Å². The first kappa shape index (κ1) is 56.6. The lowest BCUT2D eigenvalue weighted by molar-refractivity contribution is 0.122. The van der Waals surface area contributed by atoms with Crippen LogP contribution in [0.2, 0.25) is 0 Å². The fourth-order valence-corrected chi connectivity index (χ4v) is 15.4. The van der Waals surface area contributed by atoms with Crippen molar-refractivity contribution in [3.8, 4) is 31.7 Å². The van der Waals surface area contributed by atoms with Crippen molar-refractivity contribution in [1.82, 2.24) is 58.7 Å². The minimum absolute atomic E-state index is 0.147. The smallest absolute Gasteiger partial charge is 0.154 e. The summed E-state index contributed by atoms with van der Waals surface area (Å²) in [6.45, 7) is 8.66. The molecule has 0 aliphatic heterocycles. The average molecular weight is 1200 g/mol. The molecule has 0 aromatic carbocycles. The average Bonchev–Trinajstić information content (AvgIpc) is 2.73. The molecule has 3 aliphatic rings. The number of hydrogen-bond acceptors (Lipinski definition) is 17. The Morgan fingerprint density at radius 1 is 0.506 bits per heavy atom. The number of anilines is 3. The van der Waals surface area contributed by atoms with Gasteiger partial charge in [0.05, 0.1) is 54.0 Å². The molecule has 12 aromatic rings. The largest absolute Gasteiger partial charge is 0.393 e. The van der Waals surface area contributed by atoms with E-state index in [2.05, 4.69) is 117 Å². The van der Waals surface area contributed by atoms with Crippen LogP contribution in [0.1, 0.15) is 102 Å². The van der Waals surface area contributed by atoms with Crippen LogP contribution in [0.5, 0.6) is 0 Å². The molecule has 0 amide bonds. The number of rotatable bonds is 9. The Hall–Kier alpha value is -7.56. The van der Waals surface area contributed by atoms with Gasteiger partial charge in [-0.25, -0.2) is 28.5 Å². The van der Waals surface area contributed by atoms with Crippen molar-refractivity contribution in [2.75, 3.05) is 36.4 Å². The molecule has 0 unspecified atom stereocenters. The maximum absolute atomic E-state index is 9.96. The molecule has 3 N–H and O–H groups in total. The maximum Gasteiger partial charge on any atom is 0.154 e. The third-order valence-corrected chi connectivity index (χ3v) is 21.1. The summed E-state index contributed by atoms with van der Waals surface area (Å²) in [5.41, 5.74) is 9.20. The molecular formula is C64H72FN15O2S3. The SMILES string of the molecule is Cc1cncc2cc(-c3cnc4ccc(N(C)C5CCC(C)CC5)nn34)sc12.Cc1cncc2cc(-c3cnc4ccc(N(C)C5CCC(O)CC5)nn34)sc12.Cc1cncc2cc(-c3cnc4ccc(NC5CCC(O)CC5)nn34)sc12.[2H]CF. The molecule has 85 heavy (non-hydrogen) atoms. The zero-order chi connectivity index (χ0) is 59.6. The molecule has 12 aromatic heterocycles. The Balaban J connectivity index is 0.000000123. The first-order chi connectivity index (χ1) is 41.8. The number of aromatic nitrogens is 12. The highest BCUT2D eigenvalue weighted by Gasteiger charge is 2.26. The van der Waals surface area contributed by atoms with Gasteiger partial charge in [0.1, 0.15) is 34.5 Å². The lowest BCUT2D eigenvalue weighted by Crippen LogP contribution is -2.37. The molecule has 0 atom stereocenters. The normalized spacial score (nSPS) is 19.9. The van der Waals surface area contributed by atoms with Crippen LogP contribution < -0.4 is 15.1 Å². The van der Waals surface area contributed by atoms with Crippen molar-refractivity contribution in [1.29, 1.82) is 0 Å². The molecule has 21 heteroatoms. The number of nitrogens with one attached hydrogen (secondary N) is 1. The minimum atomic E-state index is -1.00. The summed E-state index contributed by atoms with van der Waals surface area (Å²) >= 11 is 5.29. The number of alkyl halides is 1. The Labute approximate surface area is 506 Å². The molecule has 3 fully saturated rings. The van der Waals surface area contributed by atoms with Gasteiger partial charge in [-0.05, 0) is 175 Å². The Kier molecular flexibility index (Phi) is 16.8. The Morgan fingerprint density at radius 2 is 0.871 bits per heavy atom. The molecule has 12 heterocycles. The van der Waals surface area contributed by atoms with Crippen LogP contribution in [0, 0.1) is 26.7 Å². The zero-order valence-electron chi connectivity index (χ0n) is 49.8. The molecule has 0 saturated heterocycles. The van der Waals surface area contributed by atoms with Gasteiger partial charge in [-0.1, -0.05) is 6.92 Å². The van der Waals surface area contributed by atoms with Crippen molar-refractivity contribution >= 4 is 98.7 Å². The number of aliphatic hydroxyl groups excluding tert-OH is 2. The Morgan fingerprint density at radius 3 is 1.27 bits per heavy atom. The van der Waals surface area contributed by atoms with Gasteiger partial charge in [-0.3, -0.25) is 19.3 Å². The van der Waals surface area contributed by atoms with Crippen LogP contribution in [-0.4, -0.2) is 121 Å². The second-order valence-electron chi connectivity index (χ2n) is 23.0. The van der Waals surface area contributed by atoms with Gasteiger partial charge < -0.3 is 25.3 Å². The van der Waals surface area contributed by atoms with E-state index in [9.17, 15) is 14.6 Å². The molecule has 440 valence electrons. The van der Waals surface area contributed by atoms with E-state index in [1.165, 1.54) is 66.7 Å². The lowest BCUT2D eigenvalue weighted by Gasteiger charge is -2.34. The summed E-state index contributed by atoms with van der Waals surface area (Å²) in [4.78, 5) is 34.6. The van der Waals surface area contributed by atoms with E-state index in [0.29, 0.717) is 18.1 Å². The number of halogens is 1. The van der Waals surface area contributed by atoms with E-state index in [4.69, 9.17) is 16.7 Å². The number of nitrogens with zero attached hydrogens (tertiary/aromatic N) is 14. The number of hydrogen-bond donors (Lipinski definition) is 3. The molecule has 17 nitrogen and oxygen atoms in total. The molecule has 0 spiro atoms. The van der Waals surface area contributed by atoms with Crippen molar-refractivity contribution in [2.45, 2.75) is 135 Å². The molecule has 3 saturated carbocycles. The van der Waals surface area contributed by atoms with Gasteiger partial charge in [-0.15, -0.1) is 49.3 Å². The number of imidazole rings is 3. The topological polar surface area (TPSA) is 188 Å². The van der Waals surface area contributed by atoms with Gasteiger partial charge >= 0.3 is 0 Å². The number of thiophene rings is 3. The first-order valence-electron chi connectivity index (χ1n) is 30.0. The lowest BCUT2D eigenvalue weighted by atomic mass is 9.87. The predicted octanol–water partition coefficient (Wildman–Crippen LogP) is 14.0. The van der Waals surface area contributed by atoms with E-state index >= 15 is 0 Å². The van der Waals surface area contributed by atoms with Crippen LogP contribution in [0.25, 0.3) is 78.9 Å². The first-order valence-corrected chi connectivity index (χ1v) is 31.8. The summed E-state index contributed by atoms with van der Waals surface area (Å²) < 4.78 is 25.1. The summed E-state index contributed by atoms with van der Waals surface area (Å²) in [5, 5.41) is 41.1. The highest BCUT2D eigenvalue weighted by molar-refractivity contribution is 7.23. The second-order valence-corrected chi connectivity index (χ2v) is 26.2. The van der Waals surface area contributed by atoms with E-state index in [-0.39, 0.29) is 12.2 Å². The maximum atomic E-state index is 9.96. The number of fused-ring (bicyclic) bond motifs is 6. The fourth-order valence-electron chi connectivity index (χ4n) is 12.1. The predicted molar refractivity (Wildman–Crippen MR) is 344 cm³/mol. The fraction of sp³-hybridized carbons (Fsp3) is 0.391. The summed E-state index contributed by atoms with van der Waals surface area (Å²) in [7, 11) is 3.28. The summed E-state index contributed by atoms with van der Waals surface area (Å²) in [6, 6.07) is 20.1. The summed E-state index contributed by atoms with van der Waals surface area (Å²) in [5.74, 6) is 3.66. The summed E-state index contributed by atoms with van der Waals surface area (Å²) in [6.07, 6.45) is 29.4. The third-order valence-electron chi connectivity index (χ3n) is 17.1. The highest BCUT2D eigenvalue weighted by atomic mass is 32.1. The monoisotopic (exact) mass is 1200 g/mol. The number of aryl methyl sites for hydroxylation is 3. The second kappa shape index (κ2) is 25.2. The van der Waals surface area contributed by atoms with Gasteiger partial charge in [0.2, 0.25) is 0 Å². The number of pyridine rings is 3. The van der Waals surface area contributed by atoms with Crippen LogP contribution in [-0.2, 0) is 0 Å². The number of aliphatic hydroxyl groups is 2. The highest BCUT2D eigenvalue weighted by Crippen LogP contribution is 2.39. The molecule has 15 rings (SSSR count). The Bertz CT molecular complexity index is 4100. The van der Waals surface area contributed by atoms with Crippen LogP contribution in [0.3, 0.4) is 0 Å². The minimum Gasteiger partial charge on any atom is -0.393 e. The van der Waals surface area contributed by atoms with Gasteiger partial charge in [0.25, 0.3) is 0 Å². The molecule has 0 bridgehead atoms. The zero-order valence-corrected chi connectivity index (χ0v) is 51.3. The van der Waals surface area contributed by atoms with Crippen LogP contribution in [0.4, 0.5) is 21.8 Å². The van der Waals surface area contributed by atoms with Crippen molar-refractivity contribution in [3.63, 3.8) is 0 Å². The van der Waals surface area contributed by atoms with E-state index in [0.717, 1.165) is 129 Å². The molecule has 3 aliphatic carbocycles.